The van der Waals surface area contributed by atoms with Crippen molar-refractivity contribution in [3.63, 3.8) is 0 Å². The van der Waals surface area contributed by atoms with Crippen LogP contribution in [0.5, 0.6) is 5.75 Å². The van der Waals surface area contributed by atoms with Gasteiger partial charge in [-0.3, -0.25) is 14.6 Å². The number of aliphatic carboxylic acids is 1. The summed E-state index contributed by atoms with van der Waals surface area (Å²) in [7, 11) is -4.50. The number of pyridine rings is 1. The summed E-state index contributed by atoms with van der Waals surface area (Å²) in [5.74, 6) is -2.24. The zero-order valence-electron chi connectivity index (χ0n) is 24.5. The summed E-state index contributed by atoms with van der Waals surface area (Å²) in [4.78, 5) is 27.8. The number of nitrogens with one attached hydrogen (secondary N) is 2. The number of carbonyl (C=O) groups excluding carboxylic acids is 1. The molecule has 0 saturated carbocycles. The van der Waals surface area contributed by atoms with Gasteiger partial charge in [-0.1, -0.05) is 62.4 Å². The molecule has 228 valence electrons. The van der Waals surface area contributed by atoms with Crippen LogP contribution in [0.2, 0.25) is 0 Å². The van der Waals surface area contributed by atoms with Crippen molar-refractivity contribution in [3.05, 3.63) is 114 Å². The molecule has 10 nitrogen and oxygen atoms in total. The molecule has 44 heavy (non-hydrogen) atoms. The summed E-state index contributed by atoms with van der Waals surface area (Å²) >= 11 is 0. The van der Waals surface area contributed by atoms with E-state index in [1.165, 1.54) is 6.08 Å². The van der Waals surface area contributed by atoms with E-state index in [0.717, 1.165) is 16.7 Å². The predicted octanol–water partition coefficient (Wildman–Crippen LogP) is 5.21. The van der Waals surface area contributed by atoms with E-state index in [1.54, 1.807) is 63.5 Å². The van der Waals surface area contributed by atoms with Crippen molar-refractivity contribution < 1.29 is 32.3 Å². The van der Waals surface area contributed by atoms with E-state index >= 15 is 0 Å². The zero-order chi connectivity index (χ0) is 31.5. The Bertz CT molecular complexity index is 1850. The molecule has 0 bridgehead atoms. The third kappa shape index (κ3) is 6.15. The van der Waals surface area contributed by atoms with E-state index in [2.05, 4.69) is 15.0 Å². The Hall–Kier alpha value is -4.74. The Labute approximate surface area is 255 Å². The normalized spacial score (nSPS) is 17.3. The number of carboxylic acids is 1. The number of allylic oxidation sites excluding steroid dienone is 2. The standard InChI is InChI=1S/C33H33N3O7S/c1-21(2)29(32(38)39)36-44(40,41)33(16-12-25(13-17-33)24-8-5-4-6-9-24)35-31(37)30-22(3)28-26(10-7-11-27(28)43-30)42-20-23-14-18-34-19-15-23/h4-16,18-19,21,29,36H,17,20H2,1-3H3,(H,35,37)(H,38,39)/t29-,33?/m0/s1. The average molecular weight is 616 g/mol. The summed E-state index contributed by atoms with van der Waals surface area (Å²) in [6.07, 6.45) is 7.88. The molecule has 0 saturated heterocycles. The Morgan fingerprint density at radius 3 is 2.43 bits per heavy atom. The van der Waals surface area contributed by atoms with Crippen LogP contribution in [0.25, 0.3) is 16.5 Å². The third-order valence-electron chi connectivity index (χ3n) is 7.55. The highest BCUT2D eigenvalue weighted by atomic mass is 32.2. The van der Waals surface area contributed by atoms with Gasteiger partial charge in [0.1, 0.15) is 24.0 Å². The molecule has 1 aliphatic carbocycles. The van der Waals surface area contributed by atoms with Crippen LogP contribution in [0.1, 0.15) is 47.5 Å². The van der Waals surface area contributed by atoms with Crippen molar-refractivity contribution >= 4 is 38.4 Å². The van der Waals surface area contributed by atoms with E-state index in [-0.39, 0.29) is 18.8 Å². The van der Waals surface area contributed by atoms with Gasteiger partial charge in [-0.25, -0.2) is 8.42 Å². The lowest BCUT2D eigenvalue weighted by Crippen LogP contribution is -2.60. The predicted molar refractivity (Wildman–Crippen MR) is 166 cm³/mol. The molecule has 0 spiro atoms. The first kappa shape index (κ1) is 30.7. The van der Waals surface area contributed by atoms with Crippen LogP contribution in [0.4, 0.5) is 0 Å². The number of sulfonamides is 1. The molecule has 2 aromatic heterocycles. The second kappa shape index (κ2) is 12.5. The molecule has 0 radical (unpaired) electrons. The molecule has 1 unspecified atom stereocenters. The number of hydrogen-bond acceptors (Lipinski definition) is 7. The molecular weight excluding hydrogens is 582 g/mol. The average Bonchev–Trinajstić information content (AvgIpc) is 3.36. The molecule has 1 amide bonds. The summed E-state index contributed by atoms with van der Waals surface area (Å²) in [6, 6.07) is 16.8. The van der Waals surface area contributed by atoms with Gasteiger partial charge in [0.25, 0.3) is 5.91 Å². The van der Waals surface area contributed by atoms with Crippen molar-refractivity contribution in [2.45, 2.75) is 44.7 Å². The summed E-state index contributed by atoms with van der Waals surface area (Å²) in [5.41, 5.74) is 3.40. The second-order valence-electron chi connectivity index (χ2n) is 10.9. The quantitative estimate of drug-likeness (QED) is 0.208. The zero-order valence-corrected chi connectivity index (χ0v) is 25.3. The van der Waals surface area contributed by atoms with Gasteiger partial charge in [-0.05, 0) is 59.9 Å². The van der Waals surface area contributed by atoms with Crippen LogP contribution in [0.15, 0.2) is 95.7 Å². The molecule has 11 heteroatoms. The summed E-state index contributed by atoms with van der Waals surface area (Å²) < 4.78 is 42.2. The van der Waals surface area contributed by atoms with Gasteiger partial charge in [-0.2, -0.15) is 4.72 Å². The number of rotatable bonds is 11. The van der Waals surface area contributed by atoms with E-state index < -0.39 is 38.7 Å². The van der Waals surface area contributed by atoms with Crippen molar-refractivity contribution in [3.8, 4) is 5.75 Å². The van der Waals surface area contributed by atoms with Crippen molar-refractivity contribution in [2.24, 2.45) is 5.92 Å². The van der Waals surface area contributed by atoms with Gasteiger partial charge in [0.05, 0.1) is 5.39 Å². The molecule has 4 aromatic rings. The number of carboxylic acid groups (broad SMARTS) is 1. The maximum atomic E-state index is 13.9. The Balaban J connectivity index is 1.49. The summed E-state index contributed by atoms with van der Waals surface area (Å²) in [6.45, 7) is 5.16. The van der Waals surface area contributed by atoms with Crippen molar-refractivity contribution in [2.75, 3.05) is 0 Å². The number of benzene rings is 2. The highest BCUT2D eigenvalue weighted by Crippen LogP contribution is 2.35. The third-order valence-corrected chi connectivity index (χ3v) is 9.48. The van der Waals surface area contributed by atoms with Gasteiger partial charge in [0, 0.05) is 24.4 Å². The fraction of sp³-hybridized carbons (Fsp3) is 0.242. The molecular formula is C33H33N3O7S. The lowest BCUT2D eigenvalue weighted by Gasteiger charge is -2.34. The maximum absolute atomic E-state index is 13.9. The SMILES string of the molecule is Cc1c(C(=O)NC2(S(=O)(=O)N[C@H](C(=O)O)C(C)C)C=CC(c3ccccc3)=CC2)oc2cccc(OCc3ccncc3)c12. The number of amides is 1. The van der Waals surface area contributed by atoms with E-state index in [9.17, 15) is 23.1 Å². The topological polar surface area (TPSA) is 148 Å². The molecule has 3 N–H and O–H groups in total. The van der Waals surface area contributed by atoms with Gasteiger partial charge < -0.3 is 19.6 Å². The number of fused-ring (bicyclic) bond motifs is 1. The molecule has 5 rings (SSSR count). The minimum atomic E-state index is -4.50. The largest absolute Gasteiger partial charge is 0.488 e. The molecule has 2 heterocycles. The first-order chi connectivity index (χ1) is 21.0. The van der Waals surface area contributed by atoms with Gasteiger partial charge in [0.15, 0.2) is 10.6 Å². The van der Waals surface area contributed by atoms with E-state index in [0.29, 0.717) is 22.3 Å². The van der Waals surface area contributed by atoms with Crippen LogP contribution in [-0.4, -0.2) is 41.3 Å². The highest BCUT2D eigenvalue weighted by molar-refractivity contribution is 7.91. The molecule has 0 fully saturated rings. The van der Waals surface area contributed by atoms with Crippen LogP contribution in [-0.2, 0) is 21.4 Å². The maximum Gasteiger partial charge on any atom is 0.321 e. The number of carbonyl (C=O) groups is 2. The molecule has 0 aliphatic heterocycles. The summed E-state index contributed by atoms with van der Waals surface area (Å²) in [5, 5.41) is 13.0. The Morgan fingerprint density at radius 2 is 1.80 bits per heavy atom. The molecule has 2 aromatic carbocycles. The monoisotopic (exact) mass is 615 g/mol. The van der Waals surface area contributed by atoms with Gasteiger partial charge in [0.2, 0.25) is 10.0 Å². The number of nitrogens with zero attached hydrogens (tertiary/aromatic N) is 1. The molecule has 1 aliphatic rings. The fourth-order valence-corrected chi connectivity index (χ4v) is 6.76. The van der Waals surface area contributed by atoms with Gasteiger partial charge in [-0.15, -0.1) is 0 Å². The Kier molecular flexibility index (Phi) is 8.70. The lowest BCUT2D eigenvalue weighted by atomic mass is 9.96. The first-order valence-electron chi connectivity index (χ1n) is 14.1. The fourth-order valence-electron chi connectivity index (χ4n) is 5.06. The number of ether oxygens (including phenoxy) is 1. The smallest absolute Gasteiger partial charge is 0.321 e. The lowest BCUT2D eigenvalue weighted by molar-refractivity contribution is -0.140. The number of aromatic nitrogens is 1. The second-order valence-corrected chi connectivity index (χ2v) is 12.9. The van der Waals surface area contributed by atoms with Crippen LogP contribution in [0.3, 0.4) is 0 Å². The minimum absolute atomic E-state index is 0.0839. The Morgan fingerprint density at radius 1 is 1.07 bits per heavy atom. The minimum Gasteiger partial charge on any atom is -0.488 e. The number of hydrogen-bond donors (Lipinski definition) is 3. The van der Waals surface area contributed by atoms with Crippen LogP contribution in [0, 0.1) is 12.8 Å². The van der Waals surface area contributed by atoms with E-state index in [1.807, 2.05) is 42.5 Å². The van der Waals surface area contributed by atoms with Crippen molar-refractivity contribution in [1.82, 2.24) is 15.0 Å². The van der Waals surface area contributed by atoms with E-state index in [4.69, 9.17) is 9.15 Å². The molecule has 2 atom stereocenters. The van der Waals surface area contributed by atoms with Crippen molar-refractivity contribution in [1.29, 1.82) is 0 Å². The first-order valence-corrected chi connectivity index (χ1v) is 15.6. The van der Waals surface area contributed by atoms with Gasteiger partial charge >= 0.3 is 5.97 Å². The number of furan rings is 1. The van der Waals surface area contributed by atoms with Crippen LogP contribution < -0.4 is 14.8 Å². The van der Waals surface area contributed by atoms with Crippen LogP contribution >= 0.6 is 0 Å². The highest BCUT2D eigenvalue weighted by Gasteiger charge is 2.46. The number of aryl methyl sites for hydroxylation is 1.